The Morgan fingerprint density at radius 1 is 1.30 bits per heavy atom. The Morgan fingerprint density at radius 3 is 2.70 bits per heavy atom. The minimum atomic E-state index is -0.274. The van der Waals surface area contributed by atoms with Gasteiger partial charge in [0.05, 0.1) is 5.54 Å². The van der Waals surface area contributed by atoms with E-state index in [1.807, 2.05) is 12.1 Å². The summed E-state index contributed by atoms with van der Waals surface area (Å²) in [7, 11) is 0. The van der Waals surface area contributed by atoms with E-state index in [1.54, 1.807) is 0 Å². The second-order valence-corrected chi connectivity index (χ2v) is 7.56. The smallest absolute Gasteiger partial charge is 0.220 e. The Bertz CT molecular complexity index is 520. The van der Waals surface area contributed by atoms with Crippen LogP contribution in [0.25, 0.3) is 0 Å². The number of amides is 1. The van der Waals surface area contributed by atoms with Crippen LogP contribution in [0.5, 0.6) is 0 Å². The van der Waals surface area contributed by atoms with Crippen molar-refractivity contribution in [2.24, 2.45) is 5.92 Å². The first-order chi connectivity index (χ1) is 11.2. The van der Waals surface area contributed by atoms with Crippen LogP contribution in [0.15, 0.2) is 28.7 Å². The third-order valence-corrected chi connectivity index (χ3v) is 5.59. The molecule has 0 aliphatic carbocycles. The molecule has 0 spiro atoms. The van der Waals surface area contributed by atoms with Gasteiger partial charge in [-0.2, -0.15) is 0 Å². The maximum Gasteiger partial charge on any atom is 0.220 e. The van der Waals surface area contributed by atoms with E-state index in [2.05, 4.69) is 38.7 Å². The first-order valence-corrected chi connectivity index (χ1v) is 9.33. The Kier molecular flexibility index (Phi) is 5.72. The molecule has 2 saturated heterocycles. The zero-order chi connectivity index (χ0) is 16.1. The molecule has 2 N–H and O–H groups in total. The largest absolute Gasteiger partial charge is 0.381 e. The van der Waals surface area contributed by atoms with Crippen molar-refractivity contribution in [3.05, 3.63) is 34.3 Å². The van der Waals surface area contributed by atoms with Gasteiger partial charge in [-0.25, -0.2) is 0 Å². The van der Waals surface area contributed by atoms with Crippen molar-refractivity contribution in [1.29, 1.82) is 0 Å². The number of carbonyl (C=O) groups is 1. The predicted octanol–water partition coefficient (Wildman–Crippen LogP) is 2.96. The highest BCUT2D eigenvalue weighted by Crippen LogP contribution is 2.33. The number of carbonyl (C=O) groups excluding carboxylic acids is 1. The van der Waals surface area contributed by atoms with Gasteiger partial charge in [0.25, 0.3) is 0 Å². The van der Waals surface area contributed by atoms with E-state index < -0.39 is 0 Å². The lowest BCUT2D eigenvalue weighted by molar-refractivity contribution is -0.124. The van der Waals surface area contributed by atoms with Gasteiger partial charge in [0.1, 0.15) is 0 Å². The number of nitrogens with one attached hydrogen (secondary N) is 2. The number of hydrogen-bond donors (Lipinski definition) is 2. The number of ether oxygens (including phenoxy) is 1. The summed E-state index contributed by atoms with van der Waals surface area (Å²) in [5, 5.41) is 6.70. The molecule has 5 heteroatoms. The third-order valence-electron chi connectivity index (χ3n) is 5.06. The average Bonchev–Trinajstić information content (AvgIpc) is 3.08. The monoisotopic (exact) mass is 380 g/mol. The quantitative estimate of drug-likeness (QED) is 0.825. The summed E-state index contributed by atoms with van der Waals surface area (Å²) in [5.74, 6) is 0.820. The van der Waals surface area contributed by atoms with Gasteiger partial charge in [-0.3, -0.25) is 4.79 Å². The fraction of sp³-hybridized carbons (Fsp3) is 0.611. The van der Waals surface area contributed by atoms with Crippen LogP contribution in [0.3, 0.4) is 0 Å². The molecule has 2 aliphatic heterocycles. The molecular formula is C18H25BrN2O2. The van der Waals surface area contributed by atoms with Crippen LogP contribution in [0.2, 0.25) is 0 Å². The summed E-state index contributed by atoms with van der Waals surface area (Å²) in [4.78, 5) is 12.5. The average molecular weight is 381 g/mol. The Hall–Kier alpha value is -0.910. The molecule has 2 aliphatic rings. The van der Waals surface area contributed by atoms with E-state index in [9.17, 15) is 4.79 Å². The lowest BCUT2D eigenvalue weighted by Crippen LogP contribution is -2.49. The summed E-state index contributed by atoms with van der Waals surface area (Å²) < 4.78 is 6.58. The van der Waals surface area contributed by atoms with Crippen molar-refractivity contribution in [3.63, 3.8) is 0 Å². The normalized spacial score (nSPS) is 23.6. The highest BCUT2D eigenvalue weighted by atomic mass is 79.9. The van der Waals surface area contributed by atoms with E-state index in [0.29, 0.717) is 25.6 Å². The third kappa shape index (κ3) is 4.34. The second kappa shape index (κ2) is 7.77. The fourth-order valence-electron chi connectivity index (χ4n) is 3.60. The Morgan fingerprint density at radius 2 is 2.04 bits per heavy atom. The van der Waals surface area contributed by atoms with Crippen molar-refractivity contribution in [2.75, 3.05) is 26.3 Å². The molecule has 0 radical (unpaired) electrons. The molecule has 3 rings (SSSR count). The number of benzene rings is 1. The van der Waals surface area contributed by atoms with Gasteiger partial charge in [0.2, 0.25) is 5.91 Å². The van der Waals surface area contributed by atoms with E-state index in [0.717, 1.165) is 36.8 Å². The first kappa shape index (κ1) is 16.9. The molecule has 2 fully saturated rings. The van der Waals surface area contributed by atoms with Crippen LogP contribution in [0, 0.1) is 5.92 Å². The molecule has 1 aromatic carbocycles. The zero-order valence-electron chi connectivity index (χ0n) is 13.4. The number of hydrogen-bond acceptors (Lipinski definition) is 3. The molecule has 1 aromatic rings. The summed E-state index contributed by atoms with van der Waals surface area (Å²) in [6.07, 6.45) is 4.47. The van der Waals surface area contributed by atoms with Crippen molar-refractivity contribution >= 4 is 21.8 Å². The lowest BCUT2D eigenvalue weighted by Gasteiger charge is -2.38. The number of rotatable bonds is 5. The lowest BCUT2D eigenvalue weighted by atomic mass is 9.82. The van der Waals surface area contributed by atoms with Gasteiger partial charge < -0.3 is 15.4 Å². The van der Waals surface area contributed by atoms with Gasteiger partial charge in [0, 0.05) is 24.1 Å². The second-order valence-electron chi connectivity index (χ2n) is 6.65. The molecule has 1 unspecified atom stereocenters. The minimum absolute atomic E-state index is 0.168. The fourth-order valence-corrected chi connectivity index (χ4v) is 3.86. The molecule has 1 amide bonds. The molecule has 4 nitrogen and oxygen atoms in total. The van der Waals surface area contributed by atoms with E-state index in [1.165, 1.54) is 12.0 Å². The SMILES string of the molecule is O=C(CCC1CCNC1)NC1(c2ccc(Br)cc2)CCOCC1. The Labute approximate surface area is 146 Å². The van der Waals surface area contributed by atoms with Crippen molar-refractivity contribution in [1.82, 2.24) is 10.6 Å². The maximum absolute atomic E-state index is 12.5. The van der Waals surface area contributed by atoms with Crippen molar-refractivity contribution in [3.8, 4) is 0 Å². The standard InChI is InChI=1S/C18H25BrN2O2/c19-16-4-2-15(3-5-16)18(8-11-23-12-9-18)21-17(22)6-1-14-7-10-20-13-14/h2-5,14,20H,1,6-13H2,(H,21,22). The van der Waals surface area contributed by atoms with Gasteiger partial charge >= 0.3 is 0 Å². The van der Waals surface area contributed by atoms with Crippen LogP contribution in [0.1, 0.15) is 37.7 Å². The summed E-state index contributed by atoms with van der Waals surface area (Å²) >= 11 is 3.48. The summed E-state index contributed by atoms with van der Waals surface area (Å²) in [5.41, 5.74) is 0.907. The van der Waals surface area contributed by atoms with Crippen LogP contribution in [-0.4, -0.2) is 32.2 Å². The first-order valence-electron chi connectivity index (χ1n) is 8.53. The minimum Gasteiger partial charge on any atom is -0.381 e. The van der Waals surface area contributed by atoms with Crippen LogP contribution in [0.4, 0.5) is 0 Å². The number of halogens is 1. The predicted molar refractivity (Wildman–Crippen MR) is 94.2 cm³/mol. The molecule has 0 bridgehead atoms. The molecule has 1 atom stereocenters. The molecule has 126 valence electrons. The van der Waals surface area contributed by atoms with Crippen molar-refractivity contribution < 1.29 is 9.53 Å². The van der Waals surface area contributed by atoms with Crippen LogP contribution in [-0.2, 0) is 15.1 Å². The van der Waals surface area contributed by atoms with E-state index in [-0.39, 0.29) is 11.4 Å². The maximum atomic E-state index is 12.5. The summed E-state index contributed by atoms with van der Waals surface area (Å²) in [6, 6.07) is 8.30. The molecule has 0 aromatic heterocycles. The van der Waals surface area contributed by atoms with E-state index in [4.69, 9.17) is 4.74 Å². The molecular weight excluding hydrogens is 356 g/mol. The topological polar surface area (TPSA) is 50.4 Å². The van der Waals surface area contributed by atoms with Gasteiger partial charge in [0.15, 0.2) is 0 Å². The van der Waals surface area contributed by atoms with Crippen LogP contribution >= 0.6 is 15.9 Å². The molecule has 0 saturated carbocycles. The van der Waals surface area contributed by atoms with Crippen LogP contribution < -0.4 is 10.6 Å². The molecule has 23 heavy (non-hydrogen) atoms. The van der Waals surface area contributed by atoms with Gasteiger partial charge in [-0.15, -0.1) is 0 Å². The highest BCUT2D eigenvalue weighted by molar-refractivity contribution is 9.10. The van der Waals surface area contributed by atoms with E-state index >= 15 is 0 Å². The zero-order valence-corrected chi connectivity index (χ0v) is 15.0. The van der Waals surface area contributed by atoms with Crippen molar-refractivity contribution in [2.45, 2.75) is 37.6 Å². The summed E-state index contributed by atoms with van der Waals surface area (Å²) in [6.45, 7) is 3.54. The highest BCUT2D eigenvalue weighted by Gasteiger charge is 2.35. The molecule has 2 heterocycles. The Balaban J connectivity index is 1.66. The van der Waals surface area contributed by atoms with Gasteiger partial charge in [-0.1, -0.05) is 28.1 Å². The van der Waals surface area contributed by atoms with Gasteiger partial charge in [-0.05, 0) is 62.4 Å².